The van der Waals surface area contributed by atoms with Crippen LogP contribution >= 0.6 is 0 Å². The molecule has 0 fully saturated rings. The van der Waals surface area contributed by atoms with Gasteiger partial charge in [-0.05, 0) is 42.8 Å². The molecule has 5 heteroatoms. The molecule has 0 atom stereocenters. The zero-order chi connectivity index (χ0) is 15.0. The van der Waals surface area contributed by atoms with Crippen LogP contribution in [0, 0.1) is 6.92 Å². The first-order valence-electron chi connectivity index (χ1n) is 6.43. The number of carbonyl (C=O) groups excluding carboxylic acids is 1. The van der Waals surface area contributed by atoms with E-state index in [4.69, 9.17) is 10.2 Å². The fourth-order valence-corrected chi connectivity index (χ4v) is 2.05. The topological polar surface area (TPSA) is 88.5 Å². The van der Waals surface area contributed by atoms with Gasteiger partial charge in [-0.15, -0.1) is 0 Å². The van der Waals surface area contributed by atoms with Crippen molar-refractivity contribution in [3.05, 3.63) is 53.8 Å². The number of aryl methyl sites for hydroxylation is 1. The lowest BCUT2D eigenvalue weighted by atomic mass is 10.2. The minimum Gasteiger partial charge on any atom is -0.508 e. The van der Waals surface area contributed by atoms with Gasteiger partial charge in [-0.1, -0.05) is 6.07 Å². The van der Waals surface area contributed by atoms with Crippen molar-refractivity contribution in [1.82, 2.24) is 0 Å². The molecular weight excluding hydrogens is 268 g/mol. The molecule has 1 aromatic heterocycles. The Morgan fingerprint density at radius 1 is 1.19 bits per heavy atom. The summed E-state index contributed by atoms with van der Waals surface area (Å²) >= 11 is 0. The van der Waals surface area contributed by atoms with E-state index in [1.165, 1.54) is 6.07 Å². The summed E-state index contributed by atoms with van der Waals surface area (Å²) in [6, 6.07) is 11.7. The highest BCUT2D eigenvalue weighted by atomic mass is 16.3. The molecule has 0 bridgehead atoms. The molecule has 3 rings (SSSR count). The third-order valence-electron chi connectivity index (χ3n) is 3.23. The summed E-state index contributed by atoms with van der Waals surface area (Å²) in [6.07, 6.45) is 0. The number of nitrogens with one attached hydrogen (secondary N) is 1. The number of rotatable bonds is 2. The Hall–Kier alpha value is -2.95. The number of amides is 1. The lowest BCUT2D eigenvalue weighted by molar-refractivity contribution is 0.0998. The molecule has 0 aliphatic heterocycles. The third kappa shape index (κ3) is 2.53. The van der Waals surface area contributed by atoms with Crippen molar-refractivity contribution in [3.8, 4) is 5.75 Å². The van der Waals surface area contributed by atoms with Crippen LogP contribution in [-0.2, 0) is 0 Å². The van der Waals surface area contributed by atoms with Crippen molar-refractivity contribution in [2.45, 2.75) is 6.92 Å². The van der Waals surface area contributed by atoms with Crippen LogP contribution in [0.5, 0.6) is 5.75 Å². The van der Waals surface area contributed by atoms with Crippen molar-refractivity contribution < 1.29 is 14.3 Å². The molecule has 0 radical (unpaired) electrons. The van der Waals surface area contributed by atoms with Crippen molar-refractivity contribution in [2.24, 2.45) is 0 Å². The van der Waals surface area contributed by atoms with E-state index in [9.17, 15) is 9.90 Å². The molecule has 21 heavy (non-hydrogen) atoms. The van der Waals surface area contributed by atoms with Gasteiger partial charge in [0, 0.05) is 22.8 Å². The molecule has 0 spiro atoms. The van der Waals surface area contributed by atoms with Gasteiger partial charge in [-0.2, -0.15) is 0 Å². The first-order valence-corrected chi connectivity index (χ1v) is 6.43. The van der Waals surface area contributed by atoms with E-state index in [2.05, 4.69) is 5.32 Å². The van der Waals surface area contributed by atoms with Gasteiger partial charge in [0.2, 0.25) is 0 Å². The predicted molar refractivity (Wildman–Crippen MR) is 81.4 cm³/mol. The van der Waals surface area contributed by atoms with Gasteiger partial charge in [0.1, 0.15) is 11.3 Å². The number of benzene rings is 2. The first kappa shape index (κ1) is 13.1. The van der Waals surface area contributed by atoms with E-state index in [1.807, 2.05) is 0 Å². The first-order chi connectivity index (χ1) is 10.0. The lowest BCUT2D eigenvalue weighted by Crippen LogP contribution is -2.10. The number of carbonyl (C=O) groups is 1. The molecule has 0 saturated carbocycles. The maximum atomic E-state index is 12.1. The van der Waals surface area contributed by atoms with Crippen molar-refractivity contribution in [3.63, 3.8) is 0 Å². The number of hydrogen-bond acceptors (Lipinski definition) is 4. The Kier molecular flexibility index (Phi) is 3.02. The smallest absolute Gasteiger partial charge is 0.291 e. The molecule has 0 aliphatic carbocycles. The second kappa shape index (κ2) is 4.86. The Balaban J connectivity index is 1.87. The maximum absolute atomic E-state index is 12.1. The summed E-state index contributed by atoms with van der Waals surface area (Å²) in [5.41, 5.74) is 8.15. The molecule has 0 aliphatic rings. The van der Waals surface area contributed by atoms with Crippen LogP contribution in [0.2, 0.25) is 0 Å². The largest absolute Gasteiger partial charge is 0.508 e. The summed E-state index contributed by atoms with van der Waals surface area (Å²) in [5.74, 6) is -0.0612. The molecule has 0 unspecified atom stereocenters. The van der Waals surface area contributed by atoms with Gasteiger partial charge in [0.15, 0.2) is 5.76 Å². The van der Waals surface area contributed by atoms with Crippen molar-refractivity contribution in [2.75, 3.05) is 11.1 Å². The fraction of sp³-hybridized carbons (Fsp3) is 0.0625. The summed E-state index contributed by atoms with van der Waals surface area (Å²) in [7, 11) is 0. The van der Waals surface area contributed by atoms with Gasteiger partial charge < -0.3 is 20.6 Å². The second-order valence-corrected chi connectivity index (χ2v) is 4.86. The Bertz CT molecular complexity index is 837. The second-order valence-electron chi connectivity index (χ2n) is 4.86. The number of phenolic OH excluding ortho intramolecular Hbond substituents is 1. The number of nitrogen functional groups attached to an aromatic ring is 1. The van der Waals surface area contributed by atoms with Gasteiger partial charge >= 0.3 is 0 Å². The van der Waals surface area contributed by atoms with Crippen molar-refractivity contribution >= 4 is 28.3 Å². The number of fused-ring (bicyclic) bond motifs is 1. The molecule has 1 amide bonds. The summed E-state index contributed by atoms with van der Waals surface area (Å²) in [5, 5.41) is 13.1. The number of aromatic hydroxyl groups is 1. The van der Waals surface area contributed by atoms with Crippen LogP contribution in [0.15, 0.2) is 46.9 Å². The Labute approximate surface area is 121 Å². The van der Waals surface area contributed by atoms with Gasteiger partial charge in [0.05, 0.1) is 0 Å². The Morgan fingerprint density at radius 2 is 2.00 bits per heavy atom. The fourth-order valence-electron chi connectivity index (χ4n) is 2.05. The SMILES string of the molecule is Cc1ccc(NC(=O)c2cc3cc(N)ccc3o2)cc1O. The van der Waals surface area contributed by atoms with Gasteiger partial charge in [0.25, 0.3) is 5.91 Å². The maximum Gasteiger partial charge on any atom is 0.291 e. The quantitative estimate of drug-likeness (QED) is 0.629. The van der Waals surface area contributed by atoms with Crippen LogP contribution < -0.4 is 11.1 Å². The Morgan fingerprint density at radius 3 is 2.76 bits per heavy atom. The predicted octanol–water partition coefficient (Wildman–Crippen LogP) is 3.28. The molecule has 4 N–H and O–H groups in total. The number of anilines is 2. The molecular formula is C16H14N2O3. The van der Waals surface area contributed by atoms with Crippen LogP contribution in [0.1, 0.15) is 16.1 Å². The van der Waals surface area contributed by atoms with E-state index in [-0.39, 0.29) is 17.4 Å². The zero-order valence-electron chi connectivity index (χ0n) is 11.4. The number of hydrogen-bond donors (Lipinski definition) is 3. The third-order valence-corrected chi connectivity index (χ3v) is 3.23. The van der Waals surface area contributed by atoms with Crippen molar-refractivity contribution in [1.29, 1.82) is 0 Å². The zero-order valence-corrected chi connectivity index (χ0v) is 11.4. The number of furan rings is 1. The highest BCUT2D eigenvalue weighted by Crippen LogP contribution is 2.24. The summed E-state index contributed by atoms with van der Waals surface area (Å²) in [6.45, 7) is 1.78. The van der Waals surface area contributed by atoms with Crippen LogP contribution in [0.4, 0.5) is 11.4 Å². The summed E-state index contributed by atoms with van der Waals surface area (Å²) in [4.78, 5) is 12.1. The van der Waals surface area contributed by atoms with Crippen LogP contribution in [-0.4, -0.2) is 11.0 Å². The van der Waals surface area contributed by atoms with E-state index in [0.29, 0.717) is 17.0 Å². The molecule has 1 heterocycles. The average Bonchev–Trinajstić information content (AvgIpc) is 2.86. The molecule has 2 aromatic carbocycles. The number of phenols is 1. The summed E-state index contributed by atoms with van der Waals surface area (Å²) < 4.78 is 5.48. The number of nitrogens with two attached hydrogens (primary N) is 1. The highest BCUT2D eigenvalue weighted by Gasteiger charge is 2.13. The average molecular weight is 282 g/mol. The van der Waals surface area contributed by atoms with E-state index >= 15 is 0 Å². The van der Waals surface area contributed by atoms with Crippen LogP contribution in [0.25, 0.3) is 11.0 Å². The van der Waals surface area contributed by atoms with Gasteiger partial charge in [-0.25, -0.2) is 0 Å². The monoisotopic (exact) mass is 282 g/mol. The van der Waals surface area contributed by atoms with E-state index < -0.39 is 0 Å². The highest BCUT2D eigenvalue weighted by molar-refractivity contribution is 6.04. The normalized spacial score (nSPS) is 10.7. The molecule has 5 nitrogen and oxygen atoms in total. The lowest BCUT2D eigenvalue weighted by Gasteiger charge is -2.05. The standard InChI is InChI=1S/C16H14N2O3/c1-9-2-4-12(8-13(9)19)18-16(20)15-7-10-6-11(17)3-5-14(10)21-15/h2-8,19H,17H2,1H3,(H,18,20). The van der Waals surface area contributed by atoms with E-state index in [0.717, 1.165) is 10.9 Å². The molecule has 3 aromatic rings. The molecule has 0 saturated heterocycles. The van der Waals surface area contributed by atoms with E-state index in [1.54, 1.807) is 43.3 Å². The van der Waals surface area contributed by atoms with Crippen LogP contribution in [0.3, 0.4) is 0 Å². The van der Waals surface area contributed by atoms with Gasteiger partial charge in [-0.3, -0.25) is 4.79 Å². The minimum absolute atomic E-state index is 0.130. The minimum atomic E-state index is -0.381. The molecule has 106 valence electrons.